The molecule has 0 fully saturated rings. The maximum Gasteiger partial charge on any atom is 0.130 e. The standard InChI is InChI=1S/CHNS.Hg.H3N/c2-1-3;;/h3H;;1H3. The first-order chi connectivity index (χ1) is 1.41. The van der Waals surface area contributed by atoms with Gasteiger partial charge in [0, 0.05) is 27.7 Å². The molecule has 0 spiro atoms. The van der Waals surface area contributed by atoms with Crippen LogP contribution in [0.25, 0.3) is 0 Å². The van der Waals surface area contributed by atoms with Crippen molar-refractivity contribution in [3.8, 4) is 5.40 Å². The van der Waals surface area contributed by atoms with Crippen LogP contribution in [0.5, 0.6) is 0 Å². The van der Waals surface area contributed by atoms with E-state index in [9.17, 15) is 0 Å². The molecule has 26 valence electrons. The number of thiocyanates is 1. The quantitative estimate of drug-likeness (QED) is 0.386. The fraction of sp³-hybridized carbons (Fsp3) is 0. The fourth-order valence-electron chi connectivity index (χ4n) is 0. The summed E-state index contributed by atoms with van der Waals surface area (Å²) in [5.74, 6) is 0. The van der Waals surface area contributed by atoms with Gasteiger partial charge in [0.1, 0.15) is 5.40 Å². The molecule has 4 heteroatoms. The van der Waals surface area contributed by atoms with E-state index in [2.05, 4.69) is 12.6 Å². The minimum atomic E-state index is 0. The molecule has 0 aromatic carbocycles. The Kier molecular flexibility index (Phi) is 75.4. The van der Waals surface area contributed by atoms with E-state index in [4.69, 9.17) is 5.26 Å². The molecule has 0 aliphatic rings. The largest absolute Gasteiger partial charge is 0.344 e. The maximum absolute atomic E-state index is 7.18. The summed E-state index contributed by atoms with van der Waals surface area (Å²) in [4.78, 5) is 0. The number of thiol groups is 1. The third-order valence-corrected chi connectivity index (χ3v) is 0. The fourth-order valence-corrected chi connectivity index (χ4v) is 0. The van der Waals surface area contributed by atoms with Crippen molar-refractivity contribution in [2.24, 2.45) is 0 Å². The molecule has 0 bridgehead atoms. The SMILES string of the molecule is N.N#CS.[Hg]. The minimum absolute atomic E-state index is 0. The first-order valence-corrected chi connectivity index (χ1v) is 0.894. The second-order valence-corrected chi connectivity index (χ2v) is 0.300. The molecule has 2 nitrogen and oxygen atoms in total. The van der Waals surface area contributed by atoms with Gasteiger partial charge in [0.15, 0.2) is 0 Å². The Morgan fingerprint density at radius 3 is 1.60 bits per heavy atom. The van der Waals surface area contributed by atoms with Crippen molar-refractivity contribution in [3.05, 3.63) is 0 Å². The predicted molar refractivity (Wildman–Crippen MR) is 19.6 cm³/mol. The third kappa shape index (κ3) is 65.6. The monoisotopic (exact) mass is 278 g/mol. The average molecular weight is 277 g/mol. The zero-order chi connectivity index (χ0) is 2.71. The summed E-state index contributed by atoms with van der Waals surface area (Å²) >= 11 is 3.09. The van der Waals surface area contributed by atoms with Gasteiger partial charge in [-0.05, 0) is 0 Å². The van der Waals surface area contributed by atoms with Crippen LogP contribution >= 0.6 is 12.6 Å². The van der Waals surface area contributed by atoms with Crippen LogP contribution in [-0.2, 0) is 27.7 Å². The van der Waals surface area contributed by atoms with E-state index in [1.807, 2.05) is 0 Å². The summed E-state index contributed by atoms with van der Waals surface area (Å²) in [6.07, 6.45) is 0. The zero-order valence-electron chi connectivity index (χ0n) is 2.81. The van der Waals surface area contributed by atoms with Gasteiger partial charge in [0.05, 0.1) is 0 Å². The Labute approximate surface area is 57.1 Å². The summed E-state index contributed by atoms with van der Waals surface area (Å²) < 4.78 is 0. The Hall–Kier alpha value is 0.735. The van der Waals surface area contributed by atoms with Crippen LogP contribution in [0.1, 0.15) is 0 Å². The molecule has 5 heavy (non-hydrogen) atoms. The summed E-state index contributed by atoms with van der Waals surface area (Å²) in [5.41, 5.74) is 0. The molecule has 0 aromatic heterocycles. The predicted octanol–water partition coefficient (Wildman–Crippen LogP) is 0.557. The maximum atomic E-state index is 7.18. The van der Waals surface area contributed by atoms with E-state index >= 15 is 0 Å². The molecular weight excluding hydrogens is 273 g/mol. The van der Waals surface area contributed by atoms with E-state index in [0.717, 1.165) is 0 Å². The Morgan fingerprint density at radius 1 is 1.60 bits per heavy atom. The molecule has 0 aliphatic carbocycles. The van der Waals surface area contributed by atoms with E-state index in [1.165, 1.54) is 5.40 Å². The number of hydrogen-bond acceptors (Lipinski definition) is 3. The summed E-state index contributed by atoms with van der Waals surface area (Å²) in [6.45, 7) is 0. The van der Waals surface area contributed by atoms with E-state index in [0.29, 0.717) is 0 Å². The summed E-state index contributed by atoms with van der Waals surface area (Å²) in [6, 6.07) is 0. The Bertz CT molecular complexity index is 31.1. The van der Waals surface area contributed by atoms with Crippen molar-refractivity contribution in [1.29, 1.82) is 5.26 Å². The molecule has 3 N–H and O–H groups in total. The topological polar surface area (TPSA) is 58.8 Å². The Balaban J connectivity index is -0.0000000200. The van der Waals surface area contributed by atoms with Crippen molar-refractivity contribution < 1.29 is 27.7 Å². The number of rotatable bonds is 0. The molecule has 0 aliphatic heterocycles. The second-order valence-electron chi connectivity index (χ2n) is 0.100. The van der Waals surface area contributed by atoms with E-state index in [1.54, 1.807) is 0 Å². The van der Waals surface area contributed by atoms with Crippen LogP contribution in [0, 0.1) is 10.7 Å². The summed E-state index contributed by atoms with van der Waals surface area (Å²) in [5, 5.41) is 8.63. The molecule has 0 radical (unpaired) electrons. The Morgan fingerprint density at radius 2 is 1.60 bits per heavy atom. The van der Waals surface area contributed by atoms with Crippen LogP contribution < -0.4 is 6.15 Å². The van der Waals surface area contributed by atoms with Crippen LogP contribution in [0.4, 0.5) is 0 Å². The van der Waals surface area contributed by atoms with Gasteiger partial charge in [0.25, 0.3) is 0 Å². The van der Waals surface area contributed by atoms with Gasteiger partial charge in [-0.15, -0.1) is 0 Å². The molecule has 0 heterocycles. The van der Waals surface area contributed by atoms with Crippen molar-refractivity contribution in [2.45, 2.75) is 0 Å². The van der Waals surface area contributed by atoms with Crippen LogP contribution in [-0.4, -0.2) is 0 Å². The van der Waals surface area contributed by atoms with Gasteiger partial charge >= 0.3 is 0 Å². The molecule has 0 saturated carbocycles. The number of hydrogen-bond donors (Lipinski definition) is 2. The van der Waals surface area contributed by atoms with Crippen LogP contribution in [0.3, 0.4) is 0 Å². The minimum Gasteiger partial charge on any atom is -0.344 e. The van der Waals surface area contributed by atoms with Crippen molar-refractivity contribution >= 4 is 12.6 Å². The normalized spacial score (nSPS) is 1.60. The van der Waals surface area contributed by atoms with Crippen molar-refractivity contribution in [1.82, 2.24) is 6.15 Å². The number of nitriles is 1. The van der Waals surface area contributed by atoms with Gasteiger partial charge in [-0.1, -0.05) is 12.6 Å². The van der Waals surface area contributed by atoms with Crippen LogP contribution in [0.2, 0.25) is 0 Å². The van der Waals surface area contributed by atoms with Gasteiger partial charge in [0.2, 0.25) is 0 Å². The van der Waals surface area contributed by atoms with Gasteiger partial charge in [-0.3, -0.25) is 0 Å². The van der Waals surface area contributed by atoms with E-state index in [-0.39, 0.29) is 33.8 Å². The van der Waals surface area contributed by atoms with Gasteiger partial charge in [-0.25, -0.2) is 0 Å². The molecule has 0 aromatic rings. The van der Waals surface area contributed by atoms with Gasteiger partial charge < -0.3 is 6.15 Å². The molecule has 0 atom stereocenters. The van der Waals surface area contributed by atoms with Crippen LogP contribution in [0.15, 0.2) is 0 Å². The molecule has 0 unspecified atom stereocenters. The first kappa shape index (κ1) is 17.2. The second kappa shape index (κ2) is 21.9. The van der Waals surface area contributed by atoms with Gasteiger partial charge in [-0.2, -0.15) is 5.26 Å². The summed E-state index contributed by atoms with van der Waals surface area (Å²) in [7, 11) is 0. The first-order valence-electron chi connectivity index (χ1n) is 0.447. The third-order valence-electron chi connectivity index (χ3n) is 0. The molecule has 0 saturated heterocycles. The smallest absolute Gasteiger partial charge is 0.130 e. The zero-order valence-corrected chi connectivity index (χ0v) is 9.20. The molecular formula is CH4HgN2S. The molecule has 0 rings (SSSR count). The molecule has 0 amide bonds. The number of nitrogens with zero attached hydrogens (tertiary/aromatic N) is 1. The van der Waals surface area contributed by atoms with Crippen molar-refractivity contribution in [3.63, 3.8) is 0 Å². The average Bonchev–Trinajstić information content (AvgIpc) is 0.918. The van der Waals surface area contributed by atoms with E-state index < -0.39 is 0 Å². The van der Waals surface area contributed by atoms with Crippen molar-refractivity contribution in [2.75, 3.05) is 0 Å².